The third-order valence-corrected chi connectivity index (χ3v) is 3.36. The van der Waals surface area contributed by atoms with Crippen LogP contribution in [0.15, 0.2) is 42.5 Å². The van der Waals surface area contributed by atoms with Gasteiger partial charge in [0.1, 0.15) is 0 Å². The van der Waals surface area contributed by atoms with Crippen molar-refractivity contribution in [2.75, 3.05) is 12.4 Å². The second-order valence-electron chi connectivity index (χ2n) is 4.76. The highest BCUT2D eigenvalue weighted by Gasteiger charge is 2.14. The molecule has 1 atom stereocenters. The monoisotopic (exact) mass is 286 g/mol. The molecule has 0 aliphatic rings. The van der Waals surface area contributed by atoms with E-state index < -0.39 is 11.7 Å². The Morgan fingerprint density at radius 2 is 1.76 bits per heavy atom. The van der Waals surface area contributed by atoms with E-state index in [9.17, 15) is 15.0 Å². The molecule has 2 aromatic carbocycles. The highest BCUT2D eigenvalue weighted by molar-refractivity contribution is 6.06. The summed E-state index contributed by atoms with van der Waals surface area (Å²) < 4.78 is 0. The third-order valence-electron chi connectivity index (χ3n) is 3.36. The fraction of sp³-hybridized carbons (Fsp3) is 0.188. The maximum atomic E-state index is 12.1. The Bertz CT molecular complexity index is 638. The first kappa shape index (κ1) is 14.9. The maximum Gasteiger partial charge on any atom is 0.259 e. The van der Waals surface area contributed by atoms with E-state index in [4.69, 9.17) is 0 Å². The molecule has 0 fully saturated rings. The lowest BCUT2D eigenvalue weighted by Gasteiger charge is -2.12. The molecule has 21 heavy (non-hydrogen) atoms. The average Bonchev–Trinajstić information content (AvgIpc) is 2.50. The summed E-state index contributed by atoms with van der Waals surface area (Å²) in [6.07, 6.45) is 0. The van der Waals surface area contributed by atoms with Crippen LogP contribution in [-0.2, 0) is 0 Å². The van der Waals surface area contributed by atoms with Gasteiger partial charge in [-0.2, -0.15) is 0 Å². The summed E-state index contributed by atoms with van der Waals surface area (Å²) in [7, 11) is 1.88. The van der Waals surface area contributed by atoms with Gasteiger partial charge in [-0.3, -0.25) is 4.79 Å². The van der Waals surface area contributed by atoms with Crippen molar-refractivity contribution in [3.8, 4) is 11.5 Å². The quantitative estimate of drug-likeness (QED) is 0.651. The van der Waals surface area contributed by atoms with Crippen molar-refractivity contribution in [1.82, 2.24) is 5.32 Å². The van der Waals surface area contributed by atoms with Crippen molar-refractivity contribution in [2.24, 2.45) is 0 Å². The van der Waals surface area contributed by atoms with Gasteiger partial charge in [0.05, 0.1) is 5.56 Å². The fourth-order valence-corrected chi connectivity index (χ4v) is 1.93. The van der Waals surface area contributed by atoms with Crippen molar-refractivity contribution in [1.29, 1.82) is 0 Å². The number of carbonyl (C=O) groups excluding carboxylic acids is 1. The Morgan fingerprint density at radius 3 is 2.38 bits per heavy atom. The van der Waals surface area contributed by atoms with E-state index in [2.05, 4.69) is 10.6 Å². The fourth-order valence-electron chi connectivity index (χ4n) is 1.93. The van der Waals surface area contributed by atoms with Crippen molar-refractivity contribution < 1.29 is 15.0 Å². The van der Waals surface area contributed by atoms with E-state index >= 15 is 0 Å². The molecule has 2 aromatic rings. The number of aromatic hydroxyl groups is 2. The van der Waals surface area contributed by atoms with Crippen LogP contribution in [0.5, 0.6) is 11.5 Å². The number of rotatable bonds is 4. The number of para-hydroxylation sites is 1. The molecule has 0 aliphatic carbocycles. The lowest BCUT2D eigenvalue weighted by Crippen LogP contribution is -2.13. The molecule has 4 N–H and O–H groups in total. The van der Waals surface area contributed by atoms with E-state index in [-0.39, 0.29) is 17.4 Å². The number of nitrogens with one attached hydrogen (secondary N) is 2. The number of phenolic OH excluding ortho intramolecular Hbond substituents is 2. The summed E-state index contributed by atoms with van der Waals surface area (Å²) in [5.74, 6) is -1.21. The predicted octanol–water partition coefficient (Wildman–Crippen LogP) is 2.63. The number of carbonyl (C=O) groups is 1. The molecule has 1 unspecified atom stereocenters. The van der Waals surface area contributed by atoms with Gasteiger partial charge in [-0.05, 0) is 43.8 Å². The molecule has 2 rings (SSSR count). The van der Waals surface area contributed by atoms with Crippen LogP contribution in [0, 0.1) is 0 Å². The maximum absolute atomic E-state index is 12.1. The number of anilines is 1. The summed E-state index contributed by atoms with van der Waals surface area (Å²) >= 11 is 0. The molecule has 0 aromatic heterocycles. The van der Waals surface area contributed by atoms with Crippen LogP contribution >= 0.6 is 0 Å². The van der Waals surface area contributed by atoms with Gasteiger partial charge in [0, 0.05) is 11.7 Å². The lowest BCUT2D eigenvalue weighted by atomic mass is 10.1. The molecule has 110 valence electrons. The smallest absolute Gasteiger partial charge is 0.259 e. The zero-order valence-corrected chi connectivity index (χ0v) is 11.9. The molecule has 0 saturated heterocycles. The summed E-state index contributed by atoms with van der Waals surface area (Å²) in [5.41, 5.74) is 1.76. The van der Waals surface area contributed by atoms with Gasteiger partial charge in [-0.1, -0.05) is 18.2 Å². The number of phenols is 2. The van der Waals surface area contributed by atoms with Crippen LogP contribution in [0.3, 0.4) is 0 Å². The molecule has 0 saturated carbocycles. The van der Waals surface area contributed by atoms with Gasteiger partial charge >= 0.3 is 0 Å². The van der Waals surface area contributed by atoms with Crippen LogP contribution in [0.4, 0.5) is 5.69 Å². The Morgan fingerprint density at radius 1 is 1.10 bits per heavy atom. The van der Waals surface area contributed by atoms with Gasteiger partial charge in [0.15, 0.2) is 11.5 Å². The molecular weight excluding hydrogens is 268 g/mol. The van der Waals surface area contributed by atoms with E-state index in [1.165, 1.54) is 18.2 Å². The van der Waals surface area contributed by atoms with Crippen molar-refractivity contribution in [3.05, 3.63) is 53.6 Å². The first-order valence-corrected chi connectivity index (χ1v) is 6.62. The van der Waals surface area contributed by atoms with E-state index in [1.54, 1.807) is 12.1 Å². The van der Waals surface area contributed by atoms with Crippen LogP contribution in [0.1, 0.15) is 28.9 Å². The SMILES string of the molecule is CNC(C)c1ccc(NC(=O)c2cccc(O)c2O)cc1. The first-order chi connectivity index (χ1) is 10.0. The summed E-state index contributed by atoms with van der Waals surface area (Å²) in [6.45, 7) is 2.04. The Balaban J connectivity index is 2.14. The molecule has 0 heterocycles. The minimum atomic E-state index is -0.474. The zero-order chi connectivity index (χ0) is 15.4. The summed E-state index contributed by atoms with van der Waals surface area (Å²) in [6, 6.07) is 11.9. The molecular formula is C16H18N2O3. The topological polar surface area (TPSA) is 81.6 Å². The summed E-state index contributed by atoms with van der Waals surface area (Å²) in [5, 5.41) is 24.9. The van der Waals surface area contributed by atoms with Crippen LogP contribution < -0.4 is 10.6 Å². The van der Waals surface area contributed by atoms with Gasteiger partial charge < -0.3 is 20.8 Å². The summed E-state index contributed by atoms with van der Waals surface area (Å²) in [4.78, 5) is 12.1. The Kier molecular flexibility index (Phi) is 4.45. The Labute approximate surface area is 123 Å². The largest absolute Gasteiger partial charge is 0.504 e. The van der Waals surface area contributed by atoms with Crippen LogP contribution in [-0.4, -0.2) is 23.2 Å². The van der Waals surface area contributed by atoms with E-state index in [1.807, 2.05) is 26.1 Å². The minimum absolute atomic E-state index is 0.0302. The zero-order valence-electron chi connectivity index (χ0n) is 11.9. The molecule has 0 bridgehead atoms. The van der Waals surface area contributed by atoms with E-state index in [0.717, 1.165) is 5.56 Å². The van der Waals surface area contributed by atoms with Crippen molar-refractivity contribution >= 4 is 11.6 Å². The molecule has 1 amide bonds. The first-order valence-electron chi connectivity index (χ1n) is 6.62. The molecule has 0 radical (unpaired) electrons. The number of hydrogen-bond acceptors (Lipinski definition) is 4. The van der Waals surface area contributed by atoms with Crippen LogP contribution in [0.2, 0.25) is 0 Å². The lowest BCUT2D eigenvalue weighted by molar-refractivity contribution is 0.102. The predicted molar refractivity (Wildman–Crippen MR) is 81.6 cm³/mol. The average molecular weight is 286 g/mol. The number of amides is 1. The molecule has 5 heteroatoms. The Hall–Kier alpha value is -2.53. The van der Waals surface area contributed by atoms with Crippen molar-refractivity contribution in [3.63, 3.8) is 0 Å². The normalized spacial score (nSPS) is 11.9. The van der Waals surface area contributed by atoms with Gasteiger partial charge in [0.2, 0.25) is 0 Å². The van der Waals surface area contributed by atoms with Gasteiger partial charge in [0.25, 0.3) is 5.91 Å². The second-order valence-corrected chi connectivity index (χ2v) is 4.76. The van der Waals surface area contributed by atoms with Crippen molar-refractivity contribution in [2.45, 2.75) is 13.0 Å². The second kappa shape index (κ2) is 6.28. The minimum Gasteiger partial charge on any atom is -0.504 e. The van der Waals surface area contributed by atoms with Gasteiger partial charge in [-0.25, -0.2) is 0 Å². The molecule has 0 aliphatic heterocycles. The number of benzene rings is 2. The van der Waals surface area contributed by atoms with Gasteiger partial charge in [-0.15, -0.1) is 0 Å². The molecule has 5 nitrogen and oxygen atoms in total. The van der Waals surface area contributed by atoms with E-state index in [0.29, 0.717) is 5.69 Å². The van der Waals surface area contributed by atoms with Crippen LogP contribution in [0.25, 0.3) is 0 Å². The highest BCUT2D eigenvalue weighted by Crippen LogP contribution is 2.28. The third kappa shape index (κ3) is 3.32. The standard InChI is InChI=1S/C16H18N2O3/c1-10(17-2)11-6-8-12(9-7-11)18-16(21)13-4-3-5-14(19)15(13)20/h3-10,17,19-20H,1-2H3,(H,18,21). The highest BCUT2D eigenvalue weighted by atomic mass is 16.3. The molecule has 0 spiro atoms. The number of hydrogen-bond donors (Lipinski definition) is 4.